The third kappa shape index (κ3) is 14.9. The predicted molar refractivity (Wildman–Crippen MR) is 256 cm³/mol. The normalized spacial score (nSPS) is 11.3. The molecule has 0 aliphatic carbocycles. The summed E-state index contributed by atoms with van der Waals surface area (Å²) in [6.07, 6.45) is -3.57. The van der Waals surface area contributed by atoms with Gasteiger partial charge < -0.3 is 28.4 Å². The lowest BCUT2D eigenvalue weighted by molar-refractivity contribution is -0.143. The number of carbonyl (C=O) groups excluding carboxylic acids is 6. The van der Waals surface area contributed by atoms with Gasteiger partial charge in [-0.15, -0.1) is 0 Å². The Morgan fingerprint density at radius 3 is 1.36 bits per heavy atom. The minimum Gasteiger partial charge on any atom is -0.458 e. The molecule has 6 rings (SSSR count). The van der Waals surface area contributed by atoms with Gasteiger partial charge in [-0.3, -0.25) is 10.6 Å². The van der Waals surface area contributed by atoms with Crippen LogP contribution in [0.2, 0.25) is 0 Å². The van der Waals surface area contributed by atoms with Crippen molar-refractivity contribution >= 4 is 101 Å². The fourth-order valence-corrected chi connectivity index (χ4v) is 6.70. The highest BCUT2D eigenvalue weighted by Crippen LogP contribution is 2.25. The Morgan fingerprint density at radius 2 is 0.864 bits per heavy atom. The Morgan fingerprint density at radius 1 is 0.470 bits per heavy atom. The fraction of sp³-hybridized carbons (Fsp3) is 0.160. The highest BCUT2D eigenvalue weighted by atomic mass is 79.9. The topological polar surface area (TPSA) is 182 Å². The van der Waals surface area contributed by atoms with Crippen molar-refractivity contribution in [1.29, 1.82) is 0 Å². The number of halogens is 2. The van der Waals surface area contributed by atoms with Crippen LogP contribution in [0.5, 0.6) is 0 Å². The van der Waals surface area contributed by atoms with Crippen molar-refractivity contribution < 1.29 is 57.2 Å². The number of fused-ring (bicyclic) bond motifs is 2. The van der Waals surface area contributed by atoms with Gasteiger partial charge in [-0.2, -0.15) is 0 Å². The molecule has 0 saturated heterocycles. The molecule has 2 N–H and O–H groups in total. The Hall–Kier alpha value is -7.30. The van der Waals surface area contributed by atoms with Crippen LogP contribution in [0, 0.1) is 0 Å². The largest absolute Gasteiger partial charge is 0.458 e. The maximum absolute atomic E-state index is 12.6. The predicted octanol–water partition coefficient (Wildman–Crippen LogP) is 11.0. The standard InChI is InChI=1S/2C25H22BrNO6/c1-16(2)23(28)31-14-18(33-24(29)20-11-5-6-12-21(20)26)15-32-25(30)27-22-13-7-9-17-8-3-4-10-19(17)22;1-16(2)23(28)31-14-18(15-32-24(29)20-11-5-6-12-21(20)26)33-25(30)27-22-13-7-9-17-8-3-4-10-19(17)22/h2*3-13,18H,1,14-15H2,2H3,(H,27,30). The van der Waals surface area contributed by atoms with Crippen molar-refractivity contribution in [2.45, 2.75) is 26.1 Å². The summed E-state index contributed by atoms with van der Waals surface area (Å²) in [4.78, 5) is 73.5. The molecule has 0 saturated carbocycles. The number of nitrogens with one attached hydrogen (secondary N) is 2. The van der Waals surface area contributed by atoms with E-state index in [0.29, 0.717) is 25.9 Å². The van der Waals surface area contributed by atoms with Gasteiger partial charge in [0, 0.05) is 30.9 Å². The van der Waals surface area contributed by atoms with E-state index in [1.54, 1.807) is 60.7 Å². The molecule has 0 aliphatic heterocycles. The average molecular weight is 1020 g/mol. The molecule has 0 fully saturated rings. The quantitative estimate of drug-likeness (QED) is 0.0532. The van der Waals surface area contributed by atoms with E-state index in [4.69, 9.17) is 28.4 Å². The molecule has 0 radical (unpaired) electrons. The summed E-state index contributed by atoms with van der Waals surface area (Å²) in [5, 5.41) is 8.97. The molecular weight excluding hydrogens is 980 g/mol. The van der Waals surface area contributed by atoms with Gasteiger partial charge in [0.25, 0.3) is 0 Å². The highest BCUT2D eigenvalue weighted by molar-refractivity contribution is 9.10. The Balaban J connectivity index is 0.000000247. The van der Waals surface area contributed by atoms with E-state index in [1.807, 2.05) is 72.8 Å². The van der Waals surface area contributed by atoms with Crippen molar-refractivity contribution in [3.63, 3.8) is 0 Å². The molecule has 0 aromatic heterocycles. The lowest BCUT2D eigenvalue weighted by Crippen LogP contribution is -2.32. The van der Waals surface area contributed by atoms with Crippen LogP contribution < -0.4 is 10.6 Å². The Kier molecular flexibility index (Phi) is 18.6. The van der Waals surface area contributed by atoms with Gasteiger partial charge in [0.1, 0.15) is 26.4 Å². The third-order valence-electron chi connectivity index (χ3n) is 9.09. The highest BCUT2D eigenvalue weighted by Gasteiger charge is 2.24. The minimum absolute atomic E-state index is 0.194. The number of ether oxygens (including phenoxy) is 6. The number of hydrogen-bond acceptors (Lipinski definition) is 12. The average Bonchev–Trinajstić information content (AvgIpc) is 3.31. The zero-order valence-corrected chi connectivity index (χ0v) is 38.9. The van der Waals surface area contributed by atoms with E-state index in [9.17, 15) is 28.8 Å². The van der Waals surface area contributed by atoms with E-state index in [-0.39, 0.29) is 43.1 Å². The summed E-state index contributed by atoms with van der Waals surface area (Å²) in [6.45, 7) is 8.78. The van der Waals surface area contributed by atoms with E-state index in [1.165, 1.54) is 13.8 Å². The molecule has 0 heterocycles. The number of carbonyl (C=O) groups is 6. The van der Waals surface area contributed by atoms with Crippen molar-refractivity contribution in [2.24, 2.45) is 0 Å². The van der Waals surface area contributed by atoms with Crippen LogP contribution in [0.15, 0.2) is 167 Å². The van der Waals surface area contributed by atoms with Crippen molar-refractivity contribution in [1.82, 2.24) is 0 Å². The first-order valence-corrected chi connectivity index (χ1v) is 21.7. The van der Waals surface area contributed by atoms with Crippen LogP contribution in [-0.2, 0) is 38.0 Å². The molecular formula is C50H44Br2N2O12. The van der Waals surface area contributed by atoms with Gasteiger partial charge in [0.2, 0.25) is 0 Å². The van der Waals surface area contributed by atoms with Crippen LogP contribution >= 0.6 is 31.9 Å². The number of rotatable bonds is 16. The zero-order chi connectivity index (χ0) is 47.6. The minimum atomic E-state index is -1.03. The molecule has 0 spiro atoms. The zero-order valence-electron chi connectivity index (χ0n) is 35.8. The monoisotopic (exact) mass is 1020 g/mol. The molecule has 66 heavy (non-hydrogen) atoms. The number of hydrogen-bond donors (Lipinski definition) is 2. The van der Waals surface area contributed by atoms with Crippen LogP contribution in [0.1, 0.15) is 34.6 Å². The number of benzene rings is 6. The van der Waals surface area contributed by atoms with Crippen molar-refractivity contribution in [3.8, 4) is 0 Å². The Labute approximate surface area is 397 Å². The molecule has 2 amide bonds. The summed E-state index contributed by atoms with van der Waals surface area (Å²) in [6, 6.07) is 39.6. The second-order valence-corrected chi connectivity index (χ2v) is 16.0. The van der Waals surface area contributed by atoms with Gasteiger partial charge in [0.05, 0.1) is 22.5 Å². The number of esters is 4. The third-order valence-corrected chi connectivity index (χ3v) is 10.5. The van der Waals surface area contributed by atoms with Gasteiger partial charge in [0.15, 0.2) is 12.2 Å². The van der Waals surface area contributed by atoms with Crippen LogP contribution in [-0.4, -0.2) is 74.7 Å². The molecule has 6 aromatic carbocycles. The first kappa shape index (κ1) is 49.7. The van der Waals surface area contributed by atoms with Gasteiger partial charge in [-0.25, -0.2) is 28.8 Å². The summed E-state index contributed by atoms with van der Waals surface area (Å²) in [5.41, 5.74) is 2.12. The van der Waals surface area contributed by atoms with E-state index in [0.717, 1.165) is 21.5 Å². The van der Waals surface area contributed by atoms with Crippen LogP contribution in [0.3, 0.4) is 0 Å². The summed E-state index contributed by atoms with van der Waals surface area (Å²) in [5.74, 6) is -2.55. The fourth-order valence-electron chi connectivity index (χ4n) is 5.81. The molecule has 340 valence electrons. The molecule has 14 nitrogen and oxygen atoms in total. The summed E-state index contributed by atoms with van der Waals surface area (Å²) < 4.78 is 32.7. The van der Waals surface area contributed by atoms with Gasteiger partial charge >= 0.3 is 36.1 Å². The molecule has 0 aliphatic rings. The van der Waals surface area contributed by atoms with E-state index < -0.39 is 48.3 Å². The van der Waals surface area contributed by atoms with Gasteiger partial charge in [-0.1, -0.05) is 110 Å². The van der Waals surface area contributed by atoms with Crippen molar-refractivity contribution in [3.05, 3.63) is 178 Å². The number of amides is 2. The number of anilines is 2. The maximum Gasteiger partial charge on any atom is 0.412 e. The summed E-state index contributed by atoms with van der Waals surface area (Å²) >= 11 is 6.59. The second kappa shape index (κ2) is 24.7. The molecule has 2 atom stereocenters. The van der Waals surface area contributed by atoms with Crippen molar-refractivity contribution in [2.75, 3.05) is 37.1 Å². The first-order chi connectivity index (χ1) is 31.7. The molecule has 16 heteroatoms. The van der Waals surface area contributed by atoms with E-state index in [2.05, 4.69) is 55.7 Å². The lowest BCUT2D eigenvalue weighted by Gasteiger charge is -2.19. The molecule has 2 unspecified atom stereocenters. The van der Waals surface area contributed by atoms with Crippen LogP contribution in [0.25, 0.3) is 21.5 Å². The molecule has 6 aromatic rings. The van der Waals surface area contributed by atoms with E-state index >= 15 is 0 Å². The maximum atomic E-state index is 12.6. The van der Waals surface area contributed by atoms with Gasteiger partial charge in [-0.05, 0) is 92.9 Å². The second-order valence-electron chi connectivity index (χ2n) is 14.3. The SMILES string of the molecule is C=C(C)C(=O)OCC(COC(=O)Nc1cccc2ccccc12)OC(=O)c1ccccc1Br.C=C(C)C(=O)OCC(COC(=O)c1ccccc1Br)OC(=O)Nc1cccc2ccccc12. The smallest absolute Gasteiger partial charge is 0.412 e. The Bertz CT molecular complexity index is 2750. The summed E-state index contributed by atoms with van der Waals surface area (Å²) in [7, 11) is 0. The lowest BCUT2D eigenvalue weighted by atomic mass is 10.1. The molecule has 0 bridgehead atoms. The van der Waals surface area contributed by atoms with Crippen LogP contribution in [0.4, 0.5) is 21.0 Å². The first-order valence-electron chi connectivity index (χ1n) is 20.1.